The molecule has 20 heavy (non-hydrogen) atoms. The van der Waals surface area contributed by atoms with E-state index >= 15 is 0 Å². The third-order valence-electron chi connectivity index (χ3n) is 3.70. The fraction of sp³-hybridized carbons (Fsp3) is 0.571. The molecule has 112 valence electrons. The molecule has 1 saturated heterocycles. The molecule has 2 rings (SSSR count). The maximum absolute atomic E-state index is 12.6. The molecule has 0 saturated carbocycles. The first-order valence-corrected chi connectivity index (χ1v) is 8.02. The van der Waals surface area contributed by atoms with Crippen molar-refractivity contribution in [3.8, 4) is 5.75 Å². The average Bonchev–Trinajstić information content (AvgIpc) is 2.78. The van der Waals surface area contributed by atoms with Crippen LogP contribution in [-0.2, 0) is 16.6 Å². The summed E-state index contributed by atoms with van der Waals surface area (Å²) in [6.07, 6.45) is 0.856. The summed E-state index contributed by atoms with van der Waals surface area (Å²) >= 11 is 0. The van der Waals surface area contributed by atoms with Gasteiger partial charge in [-0.1, -0.05) is 13.8 Å². The molecule has 0 radical (unpaired) electrons. The van der Waals surface area contributed by atoms with Crippen molar-refractivity contribution in [1.29, 1.82) is 0 Å². The Morgan fingerprint density at radius 3 is 2.60 bits per heavy atom. The fourth-order valence-electron chi connectivity index (χ4n) is 2.46. The molecule has 1 N–H and O–H groups in total. The van der Waals surface area contributed by atoms with Crippen LogP contribution in [0.15, 0.2) is 23.1 Å². The largest absolute Gasteiger partial charge is 0.496 e. The number of benzene rings is 1. The highest BCUT2D eigenvalue weighted by Gasteiger charge is 2.36. The summed E-state index contributed by atoms with van der Waals surface area (Å²) in [6.45, 7) is 4.94. The molecule has 1 aliphatic rings. The molecule has 0 spiro atoms. The van der Waals surface area contributed by atoms with E-state index in [1.165, 1.54) is 23.5 Å². The van der Waals surface area contributed by atoms with Gasteiger partial charge in [0.25, 0.3) is 0 Å². The Bertz CT molecular complexity index is 595. The van der Waals surface area contributed by atoms with Crippen molar-refractivity contribution in [1.82, 2.24) is 4.31 Å². The second kappa shape index (κ2) is 5.35. The Balaban J connectivity index is 2.35. The highest BCUT2D eigenvalue weighted by Crippen LogP contribution is 2.33. The molecule has 0 aromatic heterocycles. The third kappa shape index (κ3) is 2.82. The number of methoxy groups -OCH3 is 1. The van der Waals surface area contributed by atoms with E-state index in [2.05, 4.69) is 13.8 Å². The number of hydrogen-bond donors (Lipinski definition) is 1. The highest BCUT2D eigenvalue weighted by atomic mass is 32.2. The van der Waals surface area contributed by atoms with Crippen LogP contribution in [0.5, 0.6) is 5.75 Å². The first kappa shape index (κ1) is 15.3. The van der Waals surface area contributed by atoms with Gasteiger partial charge in [-0.15, -0.1) is 0 Å². The minimum Gasteiger partial charge on any atom is -0.496 e. The van der Waals surface area contributed by atoms with Crippen LogP contribution in [-0.4, -0.2) is 38.0 Å². The molecule has 5 nitrogen and oxygen atoms in total. The smallest absolute Gasteiger partial charge is 0.243 e. The summed E-state index contributed by atoms with van der Waals surface area (Å²) in [4.78, 5) is 0.208. The molecule has 1 aromatic rings. The summed E-state index contributed by atoms with van der Waals surface area (Å²) in [5.74, 6) is 0.494. The fourth-order valence-corrected chi connectivity index (χ4v) is 4.14. The zero-order valence-electron chi connectivity index (χ0n) is 12.1. The molecule has 1 heterocycles. The van der Waals surface area contributed by atoms with E-state index in [-0.39, 0.29) is 16.9 Å². The van der Waals surface area contributed by atoms with Crippen LogP contribution >= 0.6 is 0 Å². The van der Waals surface area contributed by atoms with Crippen LogP contribution in [0.25, 0.3) is 0 Å². The van der Waals surface area contributed by atoms with Crippen LogP contribution in [0.3, 0.4) is 0 Å². The lowest BCUT2D eigenvalue weighted by Gasteiger charge is -2.20. The molecule has 0 aliphatic carbocycles. The maximum atomic E-state index is 12.6. The Morgan fingerprint density at radius 1 is 1.40 bits per heavy atom. The summed E-state index contributed by atoms with van der Waals surface area (Å²) in [5.41, 5.74) is 0.492. The van der Waals surface area contributed by atoms with Crippen molar-refractivity contribution in [2.75, 3.05) is 20.2 Å². The second-order valence-electron chi connectivity index (χ2n) is 5.88. The Hall–Kier alpha value is -1.11. The minimum atomic E-state index is -3.50. The van der Waals surface area contributed by atoms with Crippen LogP contribution in [0.2, 0.25) is 0 Å². The summed E-state index contributed by atoms with van der Waals surface area (Å²) in [5, 5.41) is 9.30. The van der Waals surface area contributed by atoms with Crippen molar-refractivity contribution in [2.24, 2.45) is 5.41 Å². The Kier molecular flexibility index (Phi) is 4.09. The minimum absolute atomic E-state index is 0.0132. The molecule has 0 bridgehead atoms. The normalized spacial score (nSPS) is 19.2. The van der Waals surface area contributed by atoms with E-state index in [0.29, 0.717) is 24.4 Å². The van der Waals surface area contributed by atoms with Gasteiger partial charge in [-0.25, -0.2) is 8.42 Å². The molecule has 0 amide bonds. The number of ether oxygens (including phenoxy) is 1. The van der Waals surface area contributed by atoms with Gasteiger partial charge >= 0.3 is 0 Å². The molecular weight excluding hydrogens is 278 g/mol. The van der Waals surface area contributed by atoms with Crippen molar-refractivity contribution >= 4 is 10.0 Å². The molecule has 0 unspecified atom stereocenters. The lowest BCUT2D eigenvalue weighted by Crippen LogP contribution is -2.30. The Morgan fingerprint density at radius 2 is 2.10 bits per heavy atom. The lowest BCUT2D eigenvalue weighted by molar-refractivity contribution is 0.273. The van der Waals surface area contributed by atoms with Crippen molar-refractivity contribution in [3.63, 3.8) is 0 Å². The Labute approximate surface area is 120 Å². The predicted octanol–water partition coefficient (Wildman–Crippen LogP) is 1.61. The quantitative estimate of drug-likeness (QED) is 0.917. The second-order valence-corrected chi connectivity index (χ2v) is 7.82. The van der Waals surface area contributed by atoms with Crippen molar-refractivity contribution in [3.05, 3.63) is 23.8 Å². The SMILES string of the molecule is COc1ccc(S(=O)(=O)N2CCC(C)(C)C2)cc1CO. The third-order valence-corrected chi connectivity index (χ3v) is 5.54. The topological polar surface area (TPSA) is 66.8 Å². The lowest BCUT2D eigenvalue weighted by atomic mass is 9.93. The van der Waals surface area contributed by atoms with E-state index in [4.69, 9.17) is 4.74 Å². The van der Waals surface area contributed by atoms with Gasteiger partial charge in [0, 0.05) is 18.7 Å². The van der Waals surface area contributed by atoms with Gasteiger partial charge in [-0.3, -0.25) is 0 Å². The zero-order valence-corrected chi connectivity index (χ0v) is 12.9. The van der Waals surface area contributed by atoms with E-state index in [1.807, 2.05) is 0 Å². The van der Waals surface area contributed by atoms with E-state index < -0.39 is 10.0 Å². The summed E-state index contributed by atoms with van der Waals surface area (Å²) in [7, 11) is -2.01. The standard InChI is InChI=1S/C14H21NO4S/c1-14(2)6-7-15(10-14)20(17,18)12-4-5-13(19-3)11(8-12)9-16/h4-5,8,16H,6-7,9-10H2,1-3H3. The molecular formula is C14H21NO4S. The molecule has 1 aliphatic heterocycles. The van der Waals surface area contributed by atoms with E-state index in [1.54, 1.807) is 6.07 Å². The number of aliphatic hydroxyl groups is 1. The summed E-state index contributed by atoms with van der Waals surface area (Å²) in [6, 6.07) is 4.60. The van der Waals surface area contributed by atoms with Crippen molar-refractivity contribution in [2.45, 2.75) is 31.8 Å². The monoisotopic (exact) mass is 299 g/mol. The number of sulfonamides is 1. The predicted molar refractivity (Wildman–Crippen MR) is 76.1 cm³/mol. The first-order chi connectivity index (χ1) is 9.30. The van der Waals surface area contributed by atoms with E-state index in [0.717, 1.165) is 6.42 Å². The molecule has 1 fully saturated rings. The zero-order chi connectivity index (χ0) is 15.0. The van der Waals surface area contributed by atoms with Gasteiger partial charge in [0.2, 0.25) is 10.0 Å². The van der Waals surface area contributed by atoms with Crippen LogP contribution < -0.4 is 4.74 Å². The van der Waals surface area contributed by atoms with Gasteiger partial charge in [-0.05, 0) is 30.0 Å². The number of rotatable bonds is 4. The number of hydrogen-bond acceptors (Lipinski definition) is 4. The van der Waals surface area contributed by atoms with Gasteiger partial charge in [0.15, 0.2) is 0 Å². The van der Waals surface area contributed by atoms with Gasteiger partial charge < -0.3 is 9.84 Å². The number of nitrogens with zero attached hydrogens (tertiary/aromatic N) is 1. The molecule has 1 aromatic carbocycles. The van der Waals surface area contributed by atoms with Gasteiger partial charge in [-0.2, -0.15) is 4.31 Å². The van der Waals surface area contributed by atoms with Gasteiger partial charge in [0.1, 0.15) is 5.75 Å². The summed E-state index contributed by atoms with van der Waals surface area (Å²) < 4.78 is 31.8. The van der Waals surface area contributed by atoms with Crippen LogP contribution in [0.4, 0.5) is 0 Å². The molecule has 6 heteroatoms. The highest BCUT2D eigenvalue weighted by molar-refractivity contribution is 7.89. The maximum Gasteiger partial charge on any atom is 0.243 e. The van der Waals surface area contributed by atoms with Gasteiger partial charge in [0.05, 0.1) is 18.6 Å². The first-order valence-electron chi connectivity index (χ1n) is 6.58. The van der Waals surface area contributed by atoms with Crippen LogP contribution in [0.1, 0.15) is 25.8 Å². The van der Waals surface area contributed by atoms with Crippen LogP contribution in [0, 0.1) is 5.41 Å². The van der Waals surface area contributed by atoms with Crippen molar-refractivity contribution < 1.29 is 18.3 Å². The average molecular weight is 299 g/mol. The van der Waals surface area contributed by atoms with E-state index in [9.17, 15) is 13.5 Å². The number of aliphatic hydroxyl groups excluding tert-OH is 1. The molecule has 0 atom stereocenters.